The molecular formula is C22H33NO4. The van der Waals surface area contributed by atoms with Crippen molar-refractivity contribution in [2.75, 3.05) is 6.61 Å². The molecule has 2 amide bonds. The van der Waals surface area contributed by atoms with Crippen LogP contribution in [0.1, 0.15) is 65.9 Å². The van der Waals surface area contributed by atoms with Crippen LogP contribution < -0.4 is 0 Å². The second kappa shape index (κ2) is 10.9. The lowest BCUT2D eigenvalue weighted by Gasteiger charge is -2.32. The number of unbranched alkanes of at least 4 members (excludes halogenated alkanes) is 1. The summed E-state index contributed by atoms with van der Waals surface area (Å²) in [5.41, 5.74) is -0.0769. The van der Waals surface area contributed by atoms with Gasteiger partial charge in [0.25, 0.3) is 0 Å². The molecule has 0 fully saturated rings. The molecule has 150 valence electrons. The number of hydrogen-bond acceptors (Lipinski definition) is 4. The summed E-state index contributed by atoms with van der Waals surface area (Å²) in [5.74, 6) is -1.07. The van der Waals surface area contributed by atoms with Crippen LogP contribution in [0.4, 0.5) is 0 Å². The van der Waals surface area contributed by atoms with E-state index in [1.807, 2.05) is 37.3 Å². The number of ether oxygens (including phenoxy) is 1. The van der Waals surface area contributed by atoms with E-state index in [1.165, 1.54) is 11.8 Å². The maximum Gasteiger partial charge on any atom is 0.302 e. The summed E-state index contributed by atoms with van der Waals surface area (Å²) in [6.07, 6.45) is 3.43. The smallest absolute Gasteiger partial charge is 0.302 e. The van der Waals surface area contributed by atoms with Gasteiger partial charge in [-0.3, -0.25) is 19.3 Å². The molecule has 0 aliphatic rings. The Morgan fingerprint density at radius 3 is 2.26 bits per heavy atom. The third kappa shape index (κ3) is 7.16. The summed E-state index contributed by atoms with van der Waals surface area (Å²) in [5, 5.41) is 0. The average Bonchev–Trinajstić information content (AvgIpc) is 2.65. The van der Waals surface area contributed by atoms with Crippen molar-refractivity contribution in [3.8, 4) is 0 Å². The lowest BCUT2D eigenvalue weighted by Crippen LogP contribution is -2.48. The molecule has 0 bridgehead atoms. The molecule has 5 heteroatoms. The number of rotatable bonds is 10. The minimum Gasteiger partial charge on any atom is -0.465 e. The van der Waals surface area contributed by atoms with Crippen LogP contribution in [0.5, 0.6) is 0 Å². The Balaban J connectivity index is 3.10. The number of carbonyl (C=O) groups is 3. The van der Waals surface area contributed by atoms with Crippen molar-refractivity contribution >= 4 is 17.8 Å². The van der Waals surface area contributed by atoms with Crippen molar-refractivity contribution in [3.63, 3.8) is 0 Å². The Labute approximate surface area is 163 Å². The van der Waals surface area contributed by atoms with E-state index >= 15 is 0 Å². The third-order valence-electron chi connectivity index (χ3n) is 4.66. The van der Waals surface area contributed by atoms with Gasteiger partial charge in [0.05, 0.1) is 12.0 Å². The van der Waals surface area contributed by atoms with Gasteiger partial charge in [-0.15, -0.1) is 0 Å². The Bertz CT molecular complexity index is 624. The molecule has 0 saturated heterocycles. The summed E-state index contributed by atoms with van der Waals surface area (Å²) in [7, 11) is 0. The Hall–Kier alpha value is -2.17. The van der Waals surface area contributed by atoms with Gasteiger partial charge in [-0.05, 0) is 32.3 Å². The van der Waals surface area contributed by atoms with E-state index in [1.54, 1.807) is 13.8 Å². The van der Waals surface area contributed by atoms with Crippen molar-refractivity contribution in [1.29, 1.82) is 0 Å². The first kappa shape index (κ1) is 22.9. The van der Waals surface area contributed by atoms with E-state index in [0.29, 0.717) is 6.42 Å². The van der Waals surface area contributed by atoms with Crippen LogP contribution in [-0.2, 0) is 25.7 Å². The van der Waals surface area contributed by atoms with E-state index in [-0.39, 0.29) is 30.9 Å². The van der Waals surface area contributed by atoms with Crippen molar-refractivity contribution in [2.24, 2.45) is 11.3 Å². The normalized spacial score (nSPS) is 12.3. The molecule has 27 heavy (non-hydrogen) atoms. The molecule has 0 aromatic heterocycles. The van der Waals surface area contributed by atoms with Crippen LogP contribution in [0, 0.1) is 11.3 Å². The zero-order chi connectivity index (χ0) is 20.4. The van der Waals surface area contributed by atoms with Gasteiger partial charge in [0.2, 0.25) is 11.8 Å². The van der Waals surface area contributed by atoms with Gasteiger partial charge in [0.1, 0.15) is 6.61 Å². The van der Waals surface area contributed by atoms with Crippen molar-refractivity contribution < 1.29 is 19.1 Å². The molecule has 0 heterocycles. The molecule has 0 aliphatic carbocycles. The van der Waals surface area contributed by atoms with Gasteiger partial charge in [-0.1, -0.05) is 57.0 Å². The number of benzene rings is 1. The molecule has 1 aromatic carbocycles. The van der Waals surface area contributed by atoms with Crippen LogP contribution in [0.2, 0.25) is 0 Å². The topological polar surface area (TPSA) is 63.7 Å². The second-order valence-corrected chi connectivity index (χ2v) is 7.63. The highest BCUT2D eigenvalue weighted by Gasteiger charge is 2.38. The molecule has 1 atom stereocenters. The Kier molecular flexibility index (Phi) is 9.19. The maximum atomic E-state index is 13.2. The maximum absolute atomic E-state index is 13.2. The van der Waals surface area contributed by atoms with Gasteiger partial charge >= 0.3 is 5.97 Å². The monoisotopic (exact) mass is 375 g/mol. The average molecular weight is 376 g/mol. The highest BCUT2D eigenvalue weighted by atomic mass is 16.5. The molecule has 5 nitrogen and oxygen atoms in total. The van der Waals surface area contributed by atoms with Crippen molar-refractivity contribution in [2.45, 2.75) is 66.8 Å². The third-order valence-corrected chi connectivity index (χ3v) is 4.66. The summed E-state index contributed by atoms with van der Waals surface area (Å²) in [6, 6.07) is 9.49. The lowest BCUT2D eigenvalue weighted by atomic mass is 9.90. The molecule has 0 N–H and O–H groups in total. The number of nitrogens with zero attached hydrogens (tertiary/aromatic N) is 1. The lowest BCUT2D eigenvalue weighted by molar-refractivity contribution is -0.158. The summed E-state index contributed by atoms with van der Waals surface area (Å²) in [6.45, 7) is 8.97. The van der Waals surface area contributed by atoms with E-state index in [2.05, 4.69) is 6.92 Å². The minimum absolute atomic E-state index is 0.0501. The zero-order valence-electron chi connectivity index (χ0n) is 17.3. The number of esters is 1. The molecule has 0 spiro atoms. The fourth-order valence-corrected chi connectivity index (χ4v) is 2.90. The fraction of sp³-hybridized carbons (Fsp3) is 0.591. The minimum atomic E-state index is -0.973. The predicted octanol–water partition coefficient (Wildman–Crippen LogP) is 4.35. The molecule has 0 saturated carbocycles. The highest BCUT2D eigenvalue weighted by molar-refractivity contribution is 5.98. The van der Waals surface area contributed by atoms with E-state index in [4.69, 9.17) is 4.74 Å². The number of hydrogen-bond donors (Lipinski definition) is 0. The number of imide groups is 1. The van der Waals surface area contributed by atoms with Crippen molar-refractivity contribution in [3.05, 3.63) is 35.9 Å². The largest absolute Gasteiger partial charge is 0.465 e. The summed E-state index contributed by atoms with van der Waals surface area (Å²) >= 11 is 0. The molecule has 1 rings (SSSR count). The Morgan fingerprint density at radius 1 is 1.11 bits per heavy atom. The highest BCUT2D eigenvalue weighted by Crippen LogP contribution is 2.25. The van der Waals surface area contributed by atoms with Crippen LogP contribution >= 0.6 is 0 Å². The molecule has 0 aliphatic heterocycles. The van der Waals surface area contributed by atoms with Gasteiger partial charge in [0, 0.05) is 12.8 Å². The Morgan fingerprint density at radius 2 is 1.74 bits per heavy atom. The van der Waals surface area contributed by atoms with Gasteiger partial charge in [0.15, 0.2) is 0 Å². The van der Waals surface area contributed by atoms with Crippen LogP contribution in [-0.4, -0.2) is 29.3 Å². The van der Waals surface area contributed by atoms with Gasteiger partial charge in [-0.25, -0.2) is 0 Å². The first-order valence-corrected chi connectivity index (χ1v) is 9.76. The molecule has 0 unspecified atom stereocenters. The quantitative estimate of drug-likeness (QED) is 0.571. The van der Waals surface area contributed by atoms with Gasteiger partial charge < -0.3 is 4.74 Å². The second-order valence-electron chi connectivity index (χ2n) is 7.63. The fourth-order valence-electron chi connectivity index (χ4n) is 2.90. The van der Waals surface area contributed by atoms with Crippen LogP contribution in [0.25, 0.3) is 0 Å². The predicted molar refractivity (Wildman–Crippen MR) is 106 cm³/mol. The standard InChI is InChI=1S/C22H33NO4/c1-6-8-14-19(7-2)20(25)23(15-18-12-10-9-11-13-18)21(26)22(4,5)16-27-17(3)24/h9-13,19H,6-8,14-16H2,1-5H3/t19-/m1/s1. The van der Waals surface area contributed by atoms with Crippen LogP contribution in [0.3, 0.4) is 0 Å². The SMILES string of the molecule is CCCC[C@@H](CC)C(=O)N(Cc1ccccc1)C(=O)C(C)(C)COC(C)=O. The molecule has 0 radical (unpaired) electrons. The summed E-state index contributed by atoms with van der Waals surface area (Å²) in [4.78, 5) is 39.0. The first-order valence-electron chi connectivity index (χ1n) is 9.76. The number of carbonyl (C=O) groups excluding carboxylic acids is 3. The molecular weight excluding hydrogens is 342 g/mol. The van der Waals surface area contributed by atoms with E-state index < -0.39 is 11.4 Å². The molecule has 1 aromatic rings. The number of amides is 2. The zero-order valence-corrected chi connectivity index (χ0v) is 17.3. The van der Waals surface area contributed by atoms with Crippen LogP contribution in [0.15, 0.2) is 30.3 Å². The van der Waals surface area contributed by atoms with E-state index in [0.717, 1.165) is 24.8 Å². The summed E-state index contributed by atoms with van der Waals surface area (Å²) < 4.78 is 5.06. The van der Waals surface area contributed by atoms with Crippen molar-refractivity contribution in [1.82, 2.24) is 4.90 Å². The first-order chi connectivity index (χ1) is 12.7. The van der Waals surface area contributed by atoms with Gasteiger partial charge in [-0.2, -0.15) is 0 Å². The van der Waals surface area contributed by atoms with E-state index in [9.17, 15) is 14.4 Å².